The van der Waals surface area contributed by atoms with Gasteiger partial charge in [-0.05, 0) is 13.0 Å². The molecule has 2 atom stereocenters. The van der Waals surface area contributed by atoms with Gasteiger partial charge in [0, 0.05) is 28.8 Å². The number of hydrogen-bond donors (Lipinski definition) is 5. The zero-order chi connectivity index (χ0) is 28.9. The Morgan fingerprint density at radius 1 is 1.27 bits per heavy atom. The number of fused-ring (bicyclic) bond motifs is 2. The standard InChI is InChI=1S/C23H22N8O7S2/c1-9-16(21(34)35)30-12(24)4-3-5-13(30)29(9)6-10-7-39-20-15(19(33)31(20)17(10)22(36)37)27-18(32)14(28-38-2)11-8-40-23(25)26-11/h3-5,8,15,20,24H,6-7H2,1-2H3,(H5,25,26,27,32,34,35,36,37)/p+1/b28-14-/t15-,20+/m1/s1. The zero-order valence-corrected chi connectivity index (χ0v) is 22.7. The first kappa shape index (κ1) is 26.9. The largest absolute Gasteiger partial charge is 0.477 e. The molecule has 0 radical (unpaired) electrons. The number of carbonyl (C=O) groups is 4. The number of thioether (sulfide) groups is 1. The fraction of sp³-hybridized carbons (Fsp3) is 0.261. The van der Waals surface area contributed by atoms with Gasteiger partial charge < -0.3 is 31.8 Å². The van der Waals surface area contributed by atoms with Gasteiger partial charge in [-0.3, -0.25) is 19.1 Å². The Labute approximate surface area is 233 Å². The van der Waals surface area contributed by atoms with Gasteiger partial charge in [-0.2, -0.15) is 4.40 Å². The number of thiazole rings is 1. The van der Waals surface area contributed by atoms with E-state index in [0.717, 1.165) is 16.2 Å². The van der Waals surface area contributed by atoms with Crippen molar-refractivity contribution in [2.75, 3.05) is 24.3 Å². The highest BCUT2D eigenvalue weighted by atomic mass is 32.2. The van der Waals surface area contributed by atoms with Crippen LogP contribution < -0.4 is 21.2 Å². The van der Waals surface area contributed by atoms with Crippen LogP contribution in [0, 0.1) is 6.92 Å². The number of hydrogen-bond acceptors (Lipinski definition) is 11. The maximum Gasteiger partial charge on any atom is 0.371 e. The molecule has 7 N–H and O–H groups in total. The van der Waals surface area contributed by atoms with Crippen LogP contribution in [0.25, 0.3) is 5.65 Å². The predicted octanol–water partition coefficient (Wildman–Crippen LogP) is -0.356. The van der Waals surface area contributed by atoms with Crippen LogP contribution in [0.4, 0.5) is 10.9 Å². The highest BCUT2D eigenvalue weighted by molar-refractivity contribution is 8.00. The fourth-order valence-corrected chi connectivity index (χ4v) is 6.66. The summed E-state index contributed by atoms with van der Waals surface area (Å²) in [5, 5.41) is 27.2. The van der Waals surface area contributed by atoms with E-state index in [2.05, 4.69) is 15.5 Å². The highest BCUT2D eigenvalue weighted by Crippen LogP contribution is 2.41. The molecule has 15 nitrogen and oxygen atoms in total. The molecule has 40 heavy (non-hydrogen) atoms. The van der Waals surface area contributed by atoms with Gasteiger partial charge >= 0.3 is 11.9 Å². The Kier molecular flexibility index (Phi) is 6.84. The number of β-lactam (4-membered cyclic amide) rings is 1. The van der Waals surface area contributed by atoms with Crippen LogP contribution in [0.3, 0.4) is 0 Å². The minimum absolute atomic E-state index is 0.00409. The summed E-state index contributed by atoms with van der Waals surface area (Å²) in [7, 11) is 1.25. The molecule has 3 aromatic heterocycles. The van der Waals surface area contributed by atoms with Gasteiger partial charge in [0.1, 0.15) is 35.6 Å². The maximum absolute atomic E-state index is 13.2. The van der Waals surface area contributed by atoms with Gasteiger partial charge in [-0.1, -0.05) is 5.16 Å². The van der Waals surface area contributed by atoms with E-state index in [9.17, 15) is 29.4 Å². The van der Waals surface area contributed by atoms with Crippen LogP contribution in [0.5, 0.6) is 0 Å². The third kappa shape index (κ3) is 4.28. The molecule has 17 heteroatoms. The molecule has 1 fully saturated rings. The van der Waals surface area contributed by atoms with Crippen LogP contribution in [-0.4, -0.2) is 78.4 Å². The number of aromatic carboxylic acids is 1. The Hall–Kier alpha value is -4.64. The molecule has 0 spiro atoms. The molecule has 0 aliphatic carbocycles. The summed E-state index contributed by atoms with van der Waals surface area (Å²) < 4.78 is 3.03. The summed E-state index contributed by atoms with van der Waals surface area (Å²) in [5.74, 6) is -3.45. The average molecular weight is 588 g/mol. The number of aliphatic carboxylic acids is 1. The third-order valence-electron chi connectivity index (χ3n) is 6.50. The molecule has 0 saturated carbocycles. The molecule has 5 rings (SSSR count). The van der Waals surface area contributed by atoms with E-state index in [1.54, 1.807) is 29.7 Å². The molecule has 208 valence electrons. The molecule has 2 amide bonds. The summed E-state index contributed by atoms with van der Waals surface area (Å²) in [4.78, 5) is 60.4. The van der Waals surface area contributed by atoms with E-state index in [1.165, 1.54) is 28.7 Å². The number of carboxylic acids is 2. The molecule has 0 unspecified atom stereocenters. The molecule has 2 aliphatic rings. The van der Waals surface area contributed by atoms with E-state index >= 15 is 0 Å². The van der Waals surface area contributed by atoms with Gasteiger partial charge in [-0.25, -0.2) is 14.6 Å². The smallest absolute Gasteiger partial charge is 0.371 e. The second-order valence-electron chi connectivity index (χ2n) is 8.78. The number of nitrogens with two attached hydrogens (primary N) is 2. The predicted molar refractivity (Wildman–Crippen MR) is 143 cm³/mol. The number of aromatic nitrogens is 3. The summed E-state index contributed by atoms with van der Waals surface area (Å²) >= 11 is 2.37. The number of imidazole rings is 1. The van der Waals surface area contributed by atoms with Gasteiger partial charge in [0.25, 0.3) is 11.8 Å². The van der Waals surface area contributed by atoms with Crippen molar-refractivity contribution in [1.82, 2.24) is 19.8 Å². The van der Waals surface area contributed by atoms with Crippen LogP contribution in [0.1, 0.15) is 21.9 Å². The van der Waals surface area contributed by atoms with E-state index in [1.807, 2.05) is 0 Å². The molecule has 3 aromatic rings. The fourth-order valence-electron chi connectivity index (χ4n) is 4.78. The molecule has 0 aromatic carbocycles. The first-order valence-corrected chi connectivity index (χ1v) is 13.5. The van der Waals surface area contributed by atoms with E-state index in [0.29, 0.717) is 16.9 Å². The van der Waals surface area contributed by atoms with Crippen molar-refractivity contribution in [2.24, 2.45) is 5.16 Å². The average Bonchev–Trinajstić information content (AvgIpc) is 3.46. The number of nitrogen functional groups attached to an aromatic ring is 2. The number of amides is 2. The summed E-state index contributed by atoms with van der Waals surface area (Å²) in [5.41, 5.74) is 12.6. The third-order valence-corrected chi connectivity index (χ3v) is 8.51. The maximum atomic E-state index is 13.2. The molecule has 0 bridgehead atoms. The quantitative estimate of drug-likeness (QED) is 0.0991. The number of anilines is 2. The van der Waals surface area contributed by atoms with Crippen molar-refractivity contribution in [3.8, 4) is 0 Å². The number of nitrogens with one attached hydrogen (secondary N) is 1. The van der Waals surface area contributed by atoms with Gasteiger partial charge in [0.05, 0.1) is 6.54 Å². The lowest BCUT2D eigenvalue weighted by atomic mass is 10.0. The zero-order valence-electron chi connectivity index (χ0n) is 21.0. The summed E-state index contributed by atoms with van der Waals surface area (Å²) in [6, 6.07) is 3.88. The van der Waals surface area contributed by atoms with Crippen LogP contribution in [-0.2, 0) is 25.8 Å². The van der Waals surface area contributed by atoms with Crippen LogP contribution in [0.15, 0.2) is 40.0 Å². The topological polar surface area (TPSA) is 220 Å². The number of carboxylic acid groups (broad SMARTS) is 2. The lowest BCUT2D eigenvalue weighted by molar-refractivity contribution is -0.498. The molecule has 2 aliphatic heterocycles. The Bertz CT molecular complexity index is 1660. The Balaban J connectivity index is 1.44. The minimum Gasteiger partial charge on any atom is -0.477 e. The van der Waals surface area contributed by atoms with Crippen molar-refractivity contribution >= 4 is 69.2 Å². The Morgan fingerprint density at radius 3 is 2.65 bits per heavy atom. The second kappa shape index (κ2) is 10.2. The molecule has 1 saturated heterocycles. The summed E-state index contributed by atoms with van der Waals surface area (Å²) in [6.45, 7) is 1.61. The van der Waals surface area contributed by atoms with Crippen molar-refractivity contribution in [3.63, 3.8) is 0 Å². The first-order chi connectivity index (χ1) is 19.0. The molecular formula is C23H23N8O7S2+. The van der Waals surface area contributed by atoms with E-state index in [-0.39, 0.29) is 46.0 Å². The number of carbonyl (C=O) groups excluding carboxylic acids is 2. The van der Waals surface area contributed by atoms with E-state index < -0.39 is 35.2 Å². The number of rotatable bonds is 8. The van der Waals surface area contributed by atoms with Crippen LogP contribution in [0.2, 0.25) is 0 Å². The lowest BCUT2D eigenvalue weighted by Crippen LogP contribution is -2.71. The monoisotopic (exact) mass is 587 g/mol. The van der Waals surface area contributed by atoms with Gasteiger partial charge in [0.15, 0.2) is 10.8 Å². The van der Waals surface area contributed by atoms with Crippen molar-refractivity contribution in [1.29, 1.82) is 0 Å². The highest BCUT2D eigenvalue weighted by Gasteiger charge is 2.54. The van der Waals surface area contributed by atoms with Crippen molar-refractivity contribution < 1.29 is 38.6 Å². The van der Waals surface area contributed by atoms with Crippen LogP contribution >= 0.6 is 23.1 Å². The van der Waals surface area contributed by atoms with Gasteiger partial charge in [-0.15, -0.1) is 23.1 Å². The molecular weight excluding hydrogens is 564 g/mol. The first-order valence-electron chi connectivity index (χ1n) is 11.6. The SMILES string of the molecule is CO/N=C(\C(=O)N[C@@H]1C(=O)N2C(C(=O)O)=C(Cn3c(C)c(C(=O)O)[n+]4c(N)cccc34)CS[C@@H]12)c1csc(N)n1. The number of oxime groups is 1. The van der Waals surface area contributed by atoms with Crippen molar-refractivity contribution in [3.05, 3.63) is 51.9 Å². The normalized spacial score (nSPS) is 18.9. The summed E-state index contributed by atoms with van der Waals surface area (Å²) in [6.07, 6.45) is 0. The molecule has 5 heterocycles. The number of nitrogens with zero attached hydrogens (tertiary/aromatic N) is 5. The second-order valence-corrected chi connectivity index (χ2v) is 10.8. The van der Waals surface area contributed by atoms with Gasteiger partial charge in [0.2, 0.25) is 17.2 Å². The Morgan fingerprint density at radius 2 is 2.02 bits per heavy atom. The van der Waals surface area contributed by atoms with Crippen molar-refractivity contribution in [2.45, 2.75) is 24.9 Å². The number of pyridine rings is 1. The van der Waals surface area contributed by atoms with E-state index in [4.69, 9.17) is 16.3 Å². The minimum atomic E-state index is -1.32. The lowest BCUT2D eigenvalue weighted by Gasteiger charge is -2.49.